The predicted octanol–water partition coefficient (Wildman–Crippen LogP) is 2.59. The second kappa shape index (κ2) is 11.3. The van der Waals surface area contributed by atoms with Gasteiger partial charge in [-0.3, -0.25) is 9.69 Å². The van der Waals surface area contributed by atoms with Crippen molar-refractivity contribution >= 4 is 41.4 Å². The quantitative estimate of drug-likeness (QED) is 0.466. The molecule has 11 heteroatoms. The van der Waals surface area contributed by atoms with Crippen molar-refractivity contribution in [2.24, 2.45) is 7.05 Å². The summed E-state index contributed by atoms with van der Waals surface area (Å²) >= 11 is 5.00. The maximum absolute atomic E-state index is 12.8. The van der Waals surface area contributed by atoms with E-state index in [0.29, 0.717) is 17.5 Å². The van der Waals surface area contributed by atoms with Crippen LogP contribution in [0, 0.1) is 0 Å². The molecule has 0 unspecified atom stereocenters. The van der Waals surface area contributed by atoms with Crippen LogP contribution in [0.3, 0.4) is 0 Å². The van der Waals surface area contributed by atoms with Crippen molar-refractivity contribution in [1.82, 2.24) is 14.5 Å². The lowest BCUT2D eigenvalue weighted by Gasteiger charge is -2.43. The van der Waals surface area contributed by atoms with Crippen molar-refractivity contribution in [1.29, 1.82) is 0 Å². The fraction of sp³-hybridized carbons (Fsp3) is 0.615. The highest BCUT2D eigenvalue weighted by Gasteiger charge is 2.52. The lowest BCUT2D eigenvalue weighted by Crippen LogP contribution is -2.56. The van der Waals surface area contributed by atoms with Crippen LogP contribution < -0.4 is 21.2 Å². The Bertz CT molecular complexity index is 1100. The number of anilines is 3. The van der Waals surface area contributed by atoms with Gasteiger partial charge in [0, 0.05) is 50.8 Å². The van der Waals surface area contributed by atoms with Gasteiger partial charge in [-0.05, 0) is 45.9 Å². The minimum absolute atomic E-state index is 0.137. The Morgan fingerprint density at radius 3 is 2.24 bits per heavy atom. The van der Waals surface area contributed by atoms with E-state index in [2.05, 4.69) is 26.2 Å². The van der Waals surface area contributed by atoms with Crippen LogP contribution in [-0.4, -0.2) is 84.1 Å². The van der Waals surface area contributed by atoms with Crippen LogP contribution in [-0.2, 0) is 21.1 Å². The van der Waals surface area contributed by atoms with Gasteiger partial charge in [0.1, 0.15) is 11.5 Å². The first-order chi connectivity index (χ1) is 17.5. The van der Waals surface area contributed by atoms with Gasteiger partial charge in [-0.1, -0.05) is 6.92 Å². The first kappa shape index (κ1) is 27.9. The highest BCUT2D eigenvalue weighted by Crippen LogP contribution is 2.36. The third-order valence-corrected chi connectivity index (χ3v) is 7.56. The molecule has 0 spiro atoms. The van der Waals surface area contributed by atoms with Crippen molar-refractivity contribution in [3.05, 3.63) is 40.9 Å². The lowest BCUT2D eigenvalue weighted by molar-refractivity contribution is -0.0660. The minimum atomic E-state index is -0.544. The number of aryl methyl sites for hydroxylation is 1. The number of piperazine rings is 1. The van der Waals surface area contributed by atoms with Gasteiger partial charge in [-0.25, -0.2) is 4.98 Å². The fourth-order valence-electron chi connectivity index (χ4n) is 4.50. The normalized spacial score (nSPS) is 21.3. The molecule has 0 amide bonds. The number of halogens is 1. The number of nitrogens with one attached hydrogen (secondary N) is 1. The van der Waals surface area contributed by atoms with Crippen LogP contribution in [0.2, 0.25) is 0 Å². The number of aromatic nitrogens is 2. The van der Waals surface area contributed by atoms with Crippen molar-refractivity contribution in [2.45, 2.75) is 51.9 Å². The second-order valence-corrected chi connectivity index (χ2v) is 11.2. The summed E-state index contributed by atoms with van der Waals surface area (Å²) < 4.78 is 19.2. The number of pyridine rings is 2. The molecule has 3 aliphatic heterocycles. The third-order valence-electron chi connectivity index (χ3n) is 7.56. The van der Waals surface area contributed by atoms with Crippen LogP contribution in [0.1, 0.15) is 34.6 Å². The molecule has 5 rings (SSSR count). The van der Waals surface area contributed by atoms with E-state index in [9.17, 15) is 4.79 Å². The Hall–Kier alpha value is -2.11. The average Bonchev–Trinajstić information content (AvgIpc) is 3.04. The molecule has 0 aromatic carbocycles. The molecule has 0 aliphatic carbocycles. The maximum atomic E-state index is 12.8. The molecule has 9 nitrogen and oxygen atoms in total. The molecule has 37 heavy (non-hydrogen) atoms. The minimum Gasteiger partial charge on any atom is -0.399 e. The molecule has 0 atom stereocenters. The van der Waals surface area contributed by atoms with E-state index in [-0.39, 0.29) is 5.56 Å². The number of hydrogen-bond acceptors (Lipinski definition) is 8. The van der Waals surface area contributed by atoms with Crippen LogP contribution in [0.15, 0.2) is 35.4 Å². The van der Waals surface area contributed by atoms with Crippen molar-refractivity contribution in [3.8, 4) is 0 Å². The Labute approximate surface area is 225 Å². The summed E-state index contributed by atoms with van der Waals surface area (Å²) in [7, 11) is 1.19. The van der Waals surface area contributed by atoms with Gasteiger partial charge in [0.2, 0.25) is 0 Å². The molecule has 2 aromatic rings. The van der Waals surface area contributed by atoms with E-state index in [1.165, 1.54) is 0 Å². The molecule has 202 valence electrons. The van der Waals surface area contributed by atoms with Gasteiger partial charge in [0.05, 0.1) is 42.3 Å². The van der Waals surface area contributed by atoms with E-state index in [1.54, 1.807) is 23.9 Å². The van der Waals surface area contributed by atoms with Gasteiger partial charge in [-0.2, -0.15) is 0 Å². The predicted molar refractivity (Wildman–Crippen MR) is 150 cm³/mol. The first-order valence-electron chi connectivity index (χ1n) is 13.0. The number of hydrogen-bond donors (Lipinski definition) is 1. The van der Waals surface area contributed by atoms with Crippen LogP contribution in [0.5, 0.6) is 0 Å². The molecule has 3 aliphatic rings. The molecule has 0 bridgehead atoms. The Kier molecular flexibility index (Phi) is 8.55. The molecule has 3 saturated heterocycles. The molecular formula is C26H39BClN5O4. The summed E-state index contributed by atoms with van der Waals surface area (Å²) in [6.07, 6.45) is 3.63. The van der Waals surface area contributed by atoms with Crippen molar-refractivity contribution < 1.29 is 14.0 Å². The van der Waals surface area contributed by atoms with Crippen LogP contribution >= 0.6 is 11.6 Å². The third kappa shape index (κ3) is 6.15. The Morgan fingerprint density at radius 2 is 1.73 bits per heavy atom. The average molecular weight is 532 g/mol. The van der Waals surface area contributed by atoms with Gasteiger partial charge < -0.3 is 28.8 Å². The zero-order valence-corrected chi connectivity index (χ0v) is 23.5. The van der Waals surface area contributed by atoms with E-state index < -0.39 is 18.3 Å². The Balaban J connectivity index is 0.00000102. The molecule has 1 N–H and O–H groups in total. The standard InChI is InChI=1S/C24H34BN5O4.C2H5Cl/c1-23(2)24(3,4)34-25(33-23)17-12-20(22(31)28(5)14-17)27-21-7-6-18(13-26-21)29-8-10-30(11-9-29)19-15-32-16-19;1-2-3/h6-7,12-14,19H,8-11,15-16H2,1-5H3,(H,26,27);2H2,1H3. The first-order valence-corrected chi connectivity index (χ1v) is 13.5. The summed E-state index contributed by atoms with van der Waals surface area (Å²) in [6.45, 7) is 15.7. The van der Waals surface area contributed by atoms with E-state index in [1.807, 2.05) is 46.9 Å². The summed E-state index contributed by atoms with van der Waals surface area (Å²) in [5.74, 6) is 1.34. The number of alkyl halides is 1. The van der Waals surface area contributed by atoms with E-state index in [0.717, 1.165) is 56.4 Å². The summed E-state index contributed by atoms with van der Waals surface area (Å²) in [4.78, 5) is 22.2. The molecule has 0 radical (unpaired) electrons. The van der Waals surface area contributed by atoms with Gasteiger partial charge in [-0.15, -0.1) is 11.6 Å². The van der Waals surface area contributed by atoms with Crippen molar-refractivity contribution in [2.75, 3.05) is 55.5 Å². The number of nitrogens with zero attached hydrogens (tertiary/aromatic N) is 4. The van der Waals surface area contributed by atoms with E-state index >= 15 is 0 Å². The largest absolute Gasteiger partial charge is 0.496 e. The van der Waals surface area contributed by atoms with Gasteiger partial charge in [0.25, 0.3) is 5.56 Å². The van der Waals surface area contributed by atoms with Crippen molar-refractivity contribution in [3.63, 3.8) is 0 Å². The number of rotatable bonds is 5. The maximum Gasteiger partial charge on any atom is 0.496 e. The monoisotopic (exact) mass is 531 g/mol. The molecule has 2 aromatic heterocycles. The van der Waals surface area contributed by atoms with E-state index in [4.69, 9.17) is 25.6 Å². The molecular weight excluding hydrogens is 493 g/mol. The van der Waals surface area contributed by atoms with Crippen LogP contribution in [0.25, 0.3) is 0 Å². The summed E-state index contributed by atoms with van der Waals surface area (Å²) in [5, 5.41) is 3.19. The smallest absolute Gasteiger partial charge is 0.399 e. The molecule has 5 heterocycles. The SMILES string of the molecule is CCCl.Cn1cc(B2OC(C)(C)C(C)(C)O2)cc(Nc2ccc(N3CCN(C4COC4)CC3)cn2)c1=O. The Morgan fingerprint density at radius 1 is 1.11 bits per heavy atom. The fourth-order valence-corrected chi connectivity index (χ4v) is 4.50. The summed E-state index contributed by atoms with van der Waals surface area (Å²) in [6, 6.07) is 6.36. The summed E-state index contributed by atoms with van der Waals surface area (Å²) in [5.41, 5.74) is 1.28. The molecule has 0 saturated carbocycles. The molecule has 3 fully saturated rings. The topological polar surface area (TPSA) is 81.1 Å². The number of ether oxygens (including phenoxy) is 1. The van der Waals surface area contributed by atoms with Crippen LogP contribution in [0.4, 0.5) is 17.2 Å². The highest BCUT2D eigenvalue weighted by molar-refractivity contribution is 6.62. The zero-order valence-electron chi connectivity index (χ0n) is 22.8. The highest BCUT2D eigenvalue weighted by atomic mass is 35.5. The lowest BCUT2D eigenvalue weighted by atomic mass is 9.80. The zero-order chi connectivity index (χ0) is 26.8. The van der Waals surface area contributed by atoms with Gasteiger partial charge in [0.15, 0.2) is 0 Å². The second-order valence-electron chi connectivity index (χ2n) is 10.7. The van der Waals surface area contributed by atoms with Gasteiger partial charge >= 0.3 is 7.12 Å².